The van der Waals surface area contributed by atoms with Crippen LogP contribution in [0.4, 0.5) is 5.69 Å². The highest BCUT2D eigenvalue weighted by Crippen LogP contribution is 2.42. The topological polar surface area (TPSA) is 38.4 Å². The second-order valence-corrected chi connectivity index (χ2v) is 5.32. The zero-order chi connectivity index (χ0) is 12.8. The largest absolute Gasteiger partial charge is 0.330 e. The molecular weight excluding hydrogens is 240 g/mol. The van der Waals surface area contributed by atoms with Crippen LogP contribution in [0.15, 0.2) is 29.3 Å². The van der Waals surface area contributed by atoms with E-state index in [0.717, 1.165) is 18.7 Å². The molecule has 0 spiro atoms. The number of hydrogen-bond donors (Lipinski definition) is 1. The molecule has 18 heavy (non-hydrogen) atoms. The molecule has 1 aromatic rings. The third-order valence-electron chi connectivity index (χ3n) is 4.07. The lowest BCUT2D eigenvalue weighted by Crippen LogP contribution is -2.31. The third-order valence-corrected chi connectivity index (χ3v) is 4.16. The molecular formula is C15H20N2S. The Hall–Kier alpha value is -1.02. The van der Waals surface area contributed by atoms with Crippen molar-refractivity contribution in [2.24, 2.45) is 10.7 Å². The minimum Gasteiger partial charge on any atom is -0.330 e. The lowest BCUT2D eigenvalue weighted by Gasteiger charge is -2.38. The number of thiocarbonyl (C=S) groups is 1. The molecule has 1 aliphatic carbocycles. The number of rotatable bonds is 4. The van der Waals surface area contributed by atoms with Gasteiger partial charge in [-0.05, 0) is 61.1 Å². The van der Waals surface area contributed by atoms with Gasteiger partial charge in [-0.25, -0.2) is 0 Å². The van der Waals surface area contributed by atoms with Crippen molar-refractivity contribution in [1.29, 1.82) is 0 Å². The van der Waals surface area contributed by atoms with Gasteiger partial charge in [0.25, 0.3) is 0 Å². The number of aliphatic imine (C=N–C) groups is 1. The summed E-state index contributed by atoms with van der Waals surface area (Å²) in [5.41, 5.74) is 8.37. The quantitative estimate of drug-likeness (QED) is 0.657. The average Bonchev–Trinajstić information content (AvgIpc) is 2.41. The van der Waals surface area contributed by atoms with Crippen molar-refractivity contribution >= 4 is 23.1 Å². The smallest absolute Gasteiger partial charge is 0.0742 e. The fourth-order valence-corrected chi connectivity index (χ4v) is 3.25. The molecule has 0 bridgehead atoms. The van der Waals surface area contributed by atoms with Crippen LogP contribution in [0.1, 0.15) is 44.1 Å². The van der Waals surface area contributed by atoms with E-state index in [9.17, 15) is 0 Å². The van der Waals surface area contributed by atoms with E-state index in [-0.39, 0.29) is 5.41 Å². The van der Waals surface area contributed by atoms with Crippen LogP contribution in [-0.2, 0) is 5.41 Å². The van der Waals surface area contributed by atoms with Crippen LogP contribution >= 0.6 is 12.2 Å². The van der Waals surface area contributed by atoms with Crippen LogP contribution in [-0.4, -0.2) is 11.7 Å². The molecule has 0 unspecified atom stereocenters. The van der Waals surface area contributed by atoms with Crippen molar-refractivity contribution in [2.45, 2.75) is 43.9 Å². The van der Waals surface area contributed by atoms with E-state index >= 15 is 0 Å². The van der Waals surface area contributed by atoms with E-state index in [0.29, 0.717) is 0 Å². The minimum absolute atomic E-state index is 0.264. The van der Waals surface area contributed by atoms with Crippen molar-refractivity contribution in [3.63, 3.8) is 0 Å². The molecule has 96 valence electrons. The first-order chi connectivity index (χ1) is 8.80. The molecule has 1 fully saturated rings. The molecule has 3 heteroatoms. The first-order valence-corrected chi connectivity index (χ1v) is 7.10. The maximum atomic E-state index is 5.83. The van der Waals surface area contributed by atoms with Gasteiger partial charge < -0.3 is 5.73 Å². The zero-order valence-electron chi connectivity index (χ0n) is 10.7. The van der Waals surface area contributed by atoms with Crippen molar-refractivity contribution in [2.75, 3.05) is 6.54 Å². The van der Waals surface area contributed by atoms with Gasteiger partial charge in [0.15, 0.2) is 0 Å². The molecule has 0 heterocycles. The summed E-state index contributed by atoms with van der Waals surface area (Å²) in [6, 6.07) is 8.40. The Kier molecular flexibility index (Phi) is 4.65. The van der Waals surface area contributed by atoms with Crippen LogP contribution in [0.5, 0.6) is 0 Å². The van der Waals surface area contributed by atoms with Crippen LogP contribution in [0, 0.1) is 0 Å². The van der Waals surface area contributed by atoms with E-state index in [4.69, 9.17) is 5.73 Å². The number of benzene rings is 1. The summed E-state index contributed by atoms with van der Waals surface area (Å²) in [7, 11) is 0. The third kappa shape index (κ3) is 2.86. The first kappa shape index (κ1) is 13.4. The highest BCUT2D eigenvalue weighted by molar-refractivity contribution is 7.78. The molecule has 0 aromatic heterocycles. The molecule has 1 aromatic carbocycles. The second-order valence-electron chi connectivity index (χ2n) is 5.13. The predicted octanol–water partition coefficient (Wildman–Crippen LogP) is 3.97. The fraction of sp³-hybridized carbons (Fsp3) is 0.533. The summed E-state index contributed by atoms with van der Waals surface area (Å²) in [4.78, 5) is 4.09. The minimum atomic E-state index is 0.264. The van der Waals surface area contributed by atoms with Crippen LogP contribution in [0.2, 0.25) is 0 Å². The Morgan fingerprint density at radius 3 is 2.72 bits per heavy atom. The fourth-order valence-electron chi connectivity index (χ4n) is 3.15. The first-order valence-electron chi connectivity index (χ1n) is 6.69. The van der Waals surface area contributed by atoms with E-state index < -0.39 is 0 Å². The number of hydrogen-bond acceptors (Lipinski definition) is 3. The van der Waals surface area contributed by atoms with E-state index in [2.05, 4.69) is 40.6 Å². The molecule has 0 radical (unpaired) electrons. The van der Waals surface area contributed by atoms with Gasteiger partial charge in [-0.3, -0.25) is 0 Å². The normalized spacial score (nSPS) is 18.1. The van der Waals surface area contributed by atoms with E-state index in [1.54, 1.807) is 0 Å². The van der Waals surface area contributed by atoms with Gasteiger partial charge in [0.05, 0.1) is 10.8 Å². The van der Waals surface area contributed by atoms with E-state index in [1.165, 1.54) is 37.7 Å². The van der Waals surface area contributed by atoms with Gasteiger partial charge in [0.2, 0.25) is 0 Å². The highest BCUT2D eigenvalue weighted by Gasteiger charge is 2.33. The van der Waals surface area contributed by atoms with Gasteiger partial charge in [-0.1, -0.05) is 31.4 Å². The summed E-state index contributed by atoms with van der Waals surface area (Å²) in [5, 5.41) is 2.44. The van der Waals surface area contributed by atoms with Gasteiger partial charge in [-0.15, -0.1) is 0 Å². The molecule has 2 rings (SSSR count). The lowest BCUT2D eigenvalue weighted by atomic mass is 9.67. The zero-order valence-corrected chi connectivity index (χ0v) is 11.5. The standard InChI is InChI=1S/C15H20N2S/c16-10-9-15(7-2-1-3-8-15)13-5-4-6-14(11-13)17-12-18/h4-6,11H,1-3,7-10,16H2. The SMILES string of the molecule is NCCC1(c2cccc(N=C=S)c2)CCCCC1. The average molecular weight is 260 g/mol. The summed E-state index contributed by atoms with van der Waals surface area (Å²) < 4.78 is 0. The molecule has 2 N–H and O–H groups in total. The van der Waals surface area contributed by atoms with Gasteiger partial charge in [0.1, 0.15) is 0 Å². The summed E-state index contributed by atoms with van der Waals surface area (Å²) in [6.07, 6.45) is 7.52. The Balaban J connectivity index is 2.35. The maximum absolute atomic E-state index is 5.83. The van der Waals surface area contributed by atoms with Crippen LogP contribution in [0.3, 0.4) is 0 Å². The van der Waals surface area contributed by atoms with Crippen molar-refractivity contribution < 1.29 is 0 Å². The van der Waals surface area contributed by atoms with Gasteiger partial charge >= 0.3 is 0 Å². The highest BCUT2D eigenvalue weighted by atomic mass is 32.1. The molecule has 0 aliphatic heterocycles. The van der Waals surface area contributed by atoms with Gasteiger partial charge in [-0.2, -0.15) is 4.99 Å². The van der Waals surface area contributed by atoms with Crippen molar-refractivity contribution in [3.8, 4) is 0 Å². The number of nitrogens with two attached hydrogens (primary N) is 1. The molecule has 2 nitrogen and oxygen atoms in total. The number of nitrogens with zero attached hydrogens (tertiary/aromatic N) is 1. The van der Waals surface area contributed by atoms with Gasteiger partial charge in [0, 0.05) is 0 Å². The van der Waals surface area contributed by atoms with Crippen molar-refractivity contribution in [1.82, 2.24) is 0 Å². The van der Waals surface area contributed by atoms with Crippen molar-refractivity contribution in [3.05, 3.63) is 29.8 Å². The van der Waals surface area contributed by atoms with Crippen LogP contribution in [0.25, 0.3) is 0 Å². The molecule has 0 saturated heterocycles. The summed E-state index contributed by atoms with van der Waals surface area (Å²) >= 11 is 4.68. The molecule has 1 saturated carbocycles. The maximum Gasteiger partial charge on any atom is 0.0742 e. The predicted molar refractivity (Wildman–Crippen MR) is 79.6 cm³/mol. The van der Waals surface area contributed by atoms with E-state index in [1.807, 2.05) is 6.07 Å². The monoisotopic (exact) mass is 260 g/mol. The lowest BCUT2D eigenvalue weighted by molar-refractivity contribution is 0.277. The molecule has 0 amide bonds. The Labute approximate surface area is 114 Å². The second kappa shape index (κ2) is 6.24. The van der Waals surface area contributed by atoms with Crippen LogP contribution < -0.4 is 5.73 Å². The Morgan fingerprint density at radius 1 is 1.28 bits per heavy atom. The molecule has 0 atom stereocenters. The Bertz CT molecular complexity index is 438. The molecule has 1 aliphatic rings. The number of isothiocyanates is 1. The summed E-state index contributed by atoms with van der Waals surface area (Å²) in [5.74, 6) is 0. The Morgan fingerprint density at radius 2 is 2.06 bits per heavy atom. The summed E-state index contributed by atoms with van der Waals surface area (Å²) in [6.45, 7) is 0.751.